The SMILES string of the molecule is CC1(C)CCN(c2nc3c(cc2C(=N)N)CCC3)CC1. The highest BCUT2D eigenvalue weighted by molar-refractivity contribution is 6.00. The van der Waals surface area contributed by atoms with Gasteiger partial charge in [-0.1, -0.05) is 13.8 Å². The summed E-state index contributed by atoms with van der Waals surface area (Å²) in [6.07, 6.45) is 5.66. The molecule has 0 spiro atoms. The first kappa shape index (κ1) is 13.4. The van der Waals surface area contributed by atoms with Crippen LogP contribution in [0.5, 0.6) is 0 Å². The van der Waals surface area contributed by atoms with Crippen LogP contribution in [0.1, 0.15) is 49.9 Å². The first-order chi connectivity index (χ1) is 9.46. The number of nitrogens with two attached hydrogens (primary N) is 1. The summed E-state index contributed by atoms with van der Waals surface area (Å²) in [5.41, 5.74) is 9.54. The molecule has 0 aromatic carbocycles. The van der Waals surface area contributed by atoms with Crippen LogP contribution in [0.25, 0.3) is 0 Å². The molecule has 0 unspecified atom stereocenters. The summed E-state index contributed by atoms with van der Waals surface area (Å²) in [6.45, 7) is 6.68. The average Bonchev–Trinajstić information content (AvgIpc) is 2.84. The van der Waals surface area contributed by atoms with Crippen LogP contribution in [-0.4, -0.2) is 23.9 Å². The minimum atomic E-state index is 0.145. The zero-order valence-electron chi connectivity index (χ0n) is 12.5. The highest BCUT2D eigenvalue weighted by atomic mass is 15.2. The van der Waals surface area contributed by atoms with E-state index in [1.54, 1.807) is 0 Å². The molecular formula is C16H24N4. The van der Waals surface area contributed by atoms with Crippen LogP contribution in [0.3, 0.4) is 0 Å². The van der Waals surface area contributed by atoms with Crippen molar-refractivity contribution in [2.24, 2.45) is 11.1 Å². The van der Waals surface area contributed by atoms with Crippen molar-refractivity contribution in [1.82, 2.24) is 4.98 Å². The smallest absolute Gasteiger partial charge is 0.139 e. The molecule has 4 nitrogen and oxygen atoms in total. The van der Waals surface area contributed by atoms with Gasteiger partial charge < -0.3 is 10.6 Å². The van der Waals surface area contributed by atoms with Crippen molar-refractivity contribution in [2.75, 3.05) is 18.0 Å². The molecule has 0 atom stereocenters. The molecule has 0 bridgehead atoms. The van der Waals surface area contributed by atoms with E-state index in [-0.39, 0.29) is 5.84 Å². The third kappa shape index (κ3) is 2.39. The monoisotopic (exact) mass is 272 g/mol. The fourth-order valence-electron chi connectivity index (χ4n) is 3.22. The Kier molecular flexibility index (Phi) is 3.19. The van der Waals surface area contributed by atoms with Gasteiger partial charge in [0.25, 0.3) is 0 Å². The maximum Gasteiger partial charge on any atom is 0.139 e. The van der Waals surface area contributed by atoms with Crippen molar-refractivity contribution in [3.8, 4) is 0 Å². The number of piperidine rings is 1. The molecular weight excluding hydrogens is 248 g/mol. The zero-order valence-corrected chi connectivity index (χ0v) is 12.5. The van der Waals surface area contributed by atoms with E-state index in [4.69, 9.17) is 16.1 Å². The van der Waals surface area contributed by atoms with Crippen molar-refractivity contribution in [3.63, 3.8) is 0 Å². The lowest BCUT2D eigenvalue weighted by molar-refractivity contribution is 0.279. The van der Waals surface area contributed by atoms with Crippen molar-refractivity contribution >= 4 is 11.7 Å². The maximum absolute atomic E-state index is 7.85. The first-order valence-electron chi connectivity index (χ1n) is 7.58. The Labute approximate surface area is 120 Å². The molecule has 3 N–H and O–H groups in total. The van der Waals surface area contributed by atoms with E-state index in [9.17, 15) is 0 Å². The number of hydrogen-bond donors (Lipinski definition) is 2. The predicted octanol–water partition coefficient (Wildman–Crippen LogP) is 2.48. The van der Waals surface area contributed by atoms with E-state index in [1.165, 1.54) is 30.5 Å². The number of rotatable bonds is 2. The van der Waals surface area contributed by atoms with Gasteiger partial charge in [0.2, 0.25) is 0 Å². The summed E-state index contributed by atoms with van der Waals surface area (Å²) in [4.78, 5) is 7.17. The second kappa shape index (κ2) is 4.76. The van der Waals surface area contributed by atoms with Gasteiger partial charge in [-0.2, -0.15) is 0 Å². The van der Waals surface area contributed by atoms with Gasteiger partial charge in [0.15, 0.2) is 0 Å². The Balaban J connectivity index is 1.94. The Hall–Kier alpha value is -1.58. The Morgan fingerprint density at radius 2 is 2.00 bits per heavy atom. The quantitative estimate of drug-likeness (QED) is 0.642. The second-order valence-corrected chi connectivity index (χ2v) is 6.88. The van der Waals surface area contributed by atoms with Crippen molar-refractivity contribution in [3.05, 3.63) is 22.9 Å². The minimum absolute atomic E-state index is 0.145. The maximum atomic E-state index is 7.85. The standard InChI is InChI=1S/C16H24N4/c1-16(2)6-8-20(9-7-16)15-12(14(17)18)10-11-4-3-5-13(11)19-15/h10H,3-9H2,1-2H3,(H3,17,18). The van der Waals surface area contributed by atoms with Crippen LogP contribution in [0.2, 0.25) is 0 Å². The van der Waals surface area contributed by atoms with Crippen LogP contribution in [0, 0.1) is 10.8 Å². The van der Waals surface area contributed by atoms with E-state index >= 15 is 0 Å². The molecule has 0 radical (unpaired) electrons. The van der Waals surface area contributed by atoms with Crippen LogP contribution >= 0.6 is 0 Å². The molecule has 1 saturated heterocycles. The Bertz CT molecular complexity index is 538. The molecule has 1 aromatic heterocycles. The normalized spacial score (nSPS) is 20.8. The van der Waals surface area contributed by atoms with Gasteiger partial charge in [0, 0.05) is 18.8 Å². The summed E-state index contributed by atoms with van der Waals surface area (Å²) < 4.78 is 0. The van der Waals surface area contributed by atoms with Crippen LogP contribution in [0.4, 0.5) is 5.82 Å². The zero-order chi connectivity index (χ0) is 14.3. The summed E-state index contributed by atoms with van der Waals surface area (Å²) in [5.74, 6) is 1.08. The van der Waals surface area contributed by atoms with E-state index in [0.717, 1.165) is 37.3 Å². The van der Waals surface area contributed by atoms with Gasteiger partial charge in [-0.15, -0.1) is 0 Å². The summed E-state index contributed by atoms with van der Waals surface area (Å²) in [5, 5.41) is 7.85. The molecule has 2 heterocycles. The number of anilines is 1. The lowest BCUT2D eigenvalue weighted by Crippen LogP contribution is -2.39. The van der Waals surface area contributed by atoms with Gasteiger partial charge in [-0.3, -0.25) is 5.41 Å². The predicted molar refractivity (Wildman–Crippen MR) is 82.5 cm³/mol. The number of fused-ring (bicyclic) bond motifs is 1. The molecule has 2 aliphatic rings. The van der Waals surface area contributed by atoms with E-state index < -0.39 is 0 Å². The van der Waals surface area contributed by atoms with E-state index in [1.807, 2.05) is 0 Å². The van der Waals surface area contributed by atoms with E-state index in [0.29, 0.717) is 5.41 Å². The van der Waals surface area contributed by atoms with Gasteiger partial charge in [-0.05, 0) is 49.1 Å². The number of nitrogens with one attached hydrogen (secondary N) is 1. The molecule has 1 aromatic rings. The van der Waals surface area contributed by atoms with Crippen molar-refractivity contribution in [1.29, 1.82) is 5.41 Å². The molecule has 4 heteroatoms. The average molecular weight is 272 g/mol. The number of aryl methyl sites for hydroxylation is 2. The molecule has 0 saturated carbocycles. The number of nitrogens with zero attached hydrogens (tertiary/aromatic N) is 2. The molecule has 108 valence electrons. The lowest BCUT2D eigenvalue weighted by atomic mass is 9.82. The topological polar surface area (TPSA) is 66.0 Å². The van der Waals surface area contributed by atoms with Crippen molar-refractivity contribution in [2.45, 2.75) is 46.0 Å². The Morgan fingerprint density at radius 1 is 1.30 bits per heavy atom. The van der Waals surface area contributed by atoms with Crippen LogP contribution < -0.4 is 10.6 Å². The van der Waals surface area contributed by atoms with Gasteiger partial charge in [0.1, 0.15) is 11.7 Å². The number of nitrogen functional groups attached to an aromatic ring is 1. The number of amidine groups is 1. The summed E-state index contributed by atoms with van der Waals surface area (Å²) >= 11 is 0. The molecule has 0 amide bonds. The molecule has 1 aliphatic heterocycles. The first-order valence-corrected chi connectivity index (χ1v) is 7.58. The Morgan fingerprint density at radius 3 is 2.65 bits per heavy atom. The van der Waals surface area contributed by atoms with Crippen LogP contribution in [-0.2, 0) is 12.8 Å². The highest BCUT2D eigenvalue weighted by Gasteiger charge is 2.28. The van der Waals surface area contributed by atoms with Gasteiger partial charge in [-0.25, -0.2) is 4.98 Å². The summed E-state index contributed by atoms with van der Waals surface area (Å²) in [7, 11) is 0. The van der Waals surface area contributed by atoms with Gasteiger partial charge >= 0.3 is 0 Å². The third-order valence-corrected chi connectivity index (χ3v) is 4.74. The number of pyridine rings is 1. The third-order valence-electron chi connectivity index (χ3n) is 4.74. The second-order valence-electron chi connectivity index (χ2n) is 6.88. The molecule has 1 aliphatic carbocycles. The molecule has 1 fully saturated rings. The summed E-state index contributed by atoms with van der Waals surface area (Å²) in [6, 6.07) is 2.10. The van der Waals surface area contributed by atoms with E-state index in [2.05, 4.69) is 24.8 Å². The van der Waals surface area contributed by atoms with Crippen molar-refractivity contribution < 1.29 is 0 Å². The number of hydrogen-bond acceptors (Lipinski definition) is 3. The molecule has 20 heavy (non-hydrogen) atoms. The molecule has 3 rings (SSSR count). The fourth-order valence-corrected chi connectivity index (χ4v) is 3.22. The highest BCUT2D eigenvalue weighted by Crippen LogP contribution is 2.34. The van der Waals surface area contributed by atoms with Crippen LogP contribution in [0.15, 0.2) is 6.07 Å². The lowest BCUT2D eigenvalue weighted by Gasteiger charge is -2.38. The fraction of sp³-hybridized carbons (Fsp3) is 0.625. The van der Waals surface area contributed by atoms with Gasteiger partial charge in [0.05, 0.1) is 5.56 Å². The minimum Gasteiger partial charge on any atom is -0.384 e. The number of aromatic nitrogens is 1. The largest absolute Gasteiger partial charge is 0.384 e.